The molecule has 2 rings (SSSR count). The summed E-state index contributed by atoms with van der Waals surface area (Å²) < 4.78 is 5.45. The van der Waals surface area contributed by atoms with Crippen LogP contribution in [0.3, 0.4) is 0 Å². The van der Waals surface area contributed by atoms with Gasteiger partial charge in [0.05, 0.1) is 6.04 Å². The van der Waals surface area contributed by atoms with E-state index in [1.54, 1.807) is 12.1 Å². The number of hydrogen-bond acceptors (Lipinski definition) is 4. The first kappa shape index (κ1) is 20.5. The summed E-state index contributed by atoms with van der Waals surface area (Å²) in [6.07, 6.45) is -0.300. The molecule has 5 nitrogen and oxygen atoms in total. The highest BCUT2D eigenvalue weighted by Crippen LogP contribution is 2.25. The Labute approximate surface area is 160 Å². The van der Waals surface area contributed by atoms with Crippen LogP contribution in [0.2, 0.25) is 0 Å². The van der Waals surface area contributed by atoms with Crippen molar-refractivity contribution in [3.8, 4) is 5.75 Å². The van der Waals surface area contributed by atoms with Gasteiger partial charge in [0, 0.05) is 12.4 Å². The lowest BCUT2D eigenvalue weighted by Crippen LogP contribution is -2.36. The third kappa shape index (κ3) is 6.44. The molecule has 0 bridgehead atoms. The van der Waals surface area contributed by atoms with E-state index in [0.717, 1.165) is 16.7 Å². The molecule has 0 aliphatic carbocycles. The standard InChI is InChI=1S/C22H27NO4/c1-15-5-11-18(12-6-15)27-14-20(24)23-19(13-21(25)26)16-7-9-17(10-8-16)22(2,3)4/h5-12,19H,13-14H2,1-4H3,(H,23,24)(H,25,26)/p-1/t19-/m1/s1. The fourth-order valence-electron chi connectivity index (χ4n) is 2.65. The normalized spacial score (nSPS) is 12.3. The third-order valence-electron chi connectivity index (χ3n) is 4.28. The first-order valence-electron chi connectivity index (χ1n) is 8.94. The molecule has 0 radical (unpaired) electrons. The van der Waals surface area contributed by atoms with Gasteiger partial charge in [0.2, 0.25) is 0 Å². The number of carboxylic acids is 1. The summed E-state index contributed by atoms with van der Waals surface area (Å²) in [5.74, 6) is -1.02. The predicted octanol–water partition coefficient (Wildman–Crippen LogP) is 2.67. The Bertz CT molecular complexity index is 773. The van der Waals surface area contributed by atoms with Crippen LogP contribution in [0.1, 0.15) is 49.9 Å². The fraction of sp³-hybridized carbons (Fsp3) is 0.364. The number of ether oxygens (including phenoxy) is 1. The van der Waals surface area contributed by atoms with E-state index in [4.69, 9.17) is 4.74 Å². The van der Waals surface area contributed by atoms with Gasteiger partial charge in [-0.05, 0) is 35.6 Å². The zero-order valence-corrected chi connectivity index (χ0v) is 16.2. The van der Waals surface area contributed by atoms with Crippen LogP contribution in [0.5, 0.6) is 5.75 Å². The number of carbonyl (C=O) groups is 2. The van der Waals surface area contributed by atoms with Gasteiger partial charge >= 0.3 is 0 Å². The van der Waals surface area contributed by atoms with Crippen molar-refractivity contribution in [1.82, 2.24) is 5.32 Å². The Balaban J connectivity index is 2.03. The highest BCUT2D eigenvalue weighted by Gasteiger charge is 2.18. The van der Waals surface area contributed by atoms with E-state index in [-0.39, 0.29) is 24.3 Å². The lowest BCUT2D eigenvalue weighted by molar-refractivity contribution is -0.306. The Morgan fingerprint density at radius 3 is 2.15 bits per heavy atom. The second-order valence-corrected chi connectivity index (χ2v) is 7.67. The molecule has 0 aromatic heterocycles. The Morgan fingerprint density at radius 1 is 1.04 bits per heavy atom. The molecular weight excluding hydrogens is 342 g/mol. The summed E-state index contributed by atoms with van der Waals surface area (Å²) in [5, 5.41) is 13.8. The van der Waals surface area contributed by atoms with E-state index in [1.807, 2.05) is 43.3 Å². The topological polar surface area (TPSA) is 78.5 Å². The van der Waals surface area contributed by atoms with Crippen LogP contribution in [0, 0.1) is 6.92 Å². The quantitative estimate of drug-likeness (QED) is 0.815. The van der Waals surface area contributed by atoms with E-state index < -0.39 is 12.0 Å². The van der Waals surface area contributed by atoms with Gasteiger partial charge < -0.3 is 20.0 Å². The minimum Gasteiger partial charge on any atom is -0.550 e. The summed E-state index contributed by atoms with van der Waals surface area (Å²) in [6, 6.07) is 14.3. The molecule has 0 spiro atoms. The Kier molecular flexibility index (Phi) is 6.61. The van der Waals surface area contributed by atoms with Crippen molar-refractivity contribution in [3.05, 3.63) is 65.2 Å². The molecule has 2 aromatic rings. The molecular formula is C22H26NO4-. The van der Waals surface area contributed by atoms with Gasteiger partial charge in [0.15, 0.2) is 6.61 Å². The van der Waals surface area contributed by atoms with E-state index >= 15 is 0 Å². The molecule has 0 aliphatic heterocycles. The van der Waals surface area contributed by atoms with Crippen molar-refractivity contribution in [1.29, 1.82) is 0 Å². The average molecular weight is 368 g/mol. The number of aliphatic carboxylic acids is 1. The van der Waals surface area contributed by atoms with E-state index in [1.165, 1.54) is 0 Å². The predicted molar refractivity (Wildman–Crippen MR) is 102 cm³/mol. The molecule has 1 N–H and O–H groups in total. The highest BCUT2D eigenvalue weighted by atomic mass is 16.5. The molecule has 0 aliphatic rings. The van der Waals surface area contributed by atoms with Crippen LogP contribution in [-0.2, 0) is 15.0 Å². The van der Waals surface area contributed by atoms with Crippen molar-refractivity contribution in [2.24, 2.45) is 0 Å². The monoisotopic (exact) mass is 368 g/mol. The zero-order chi connectivity index (χ0) is 20.0. The van der Waals surface area contributed by atoms with Gasteiger partial charge in [-0.25, -0.2) is 0 Å². The smallest absolute Gasteiger partial charge is 0.258 e. The molecule has 0 unspecified atom stereocenters. The minimum atomic E-state index is -1.22. The van der Waals surface area contributed by atoms with Gasteiger partial charge in [-0.15, -0.1) is 0 Å². The Hall–Kier alpha value is -2.82. The van der Waals surface area contributed by atoms with Crippen molar-refractivity contribution < 1.29 is 19.4 Å². The molecule has 1 amide bonds. The minimum absolute atomic E-state index is 0.00644. The van der Waals surface area contributed by atoms with Gasteiger partial charge in [-0.2, -0.15) is 0 Å². The maximum atomic E-state index is 12.2. The molecule has 27 heavy (non-hydrogen) atoms. The molecule has 5 heteroatoms. The van der Waals surface area contributed by atoms with Crippen LogP contribution >= 0.6 is 0 Å². The van der Waals surface area contributed by atoms with Crippen LogP contribution < -0.4 is 15.2 Å². The number of carbonyl (C=O) groups excluding carboxylic acids is 2. The number of carboxylic acid groups (broad SMARTS) is 1. The Morgan fingerprint density at radius 2 is 1.63 bits per heavy atom. The summed E-state index contributed by atoms with van der Waals surface area (Å²) >= 11 is 0. The summed E-state index contributed by atoms with van der Waals surface area (Å²) in [5.41, 5.74) is 2.94. The first-order valence-corrected chi connectivity index (χ1v) is 8.94. The van der Waals surface area contributed by atoms with Crippen LogP contribution in [-0.4, -0.2) is 18.5 Å². The van der Waals surface area contributed by atoms with Gasteiger partial charge in [-0.1, -0.05) is 62.7 Å². The molecule has 0 heterocycles. The number of rotatable bonds is 7. The number of benzene rings is 2. The van der Waals surface area contributed by atoms with Crippen LogP contribution in [0.25, 0.3) is 0 Å². The molecule has 1 atom stereocenters. The van der Waals surface area contributed by atoms with Crippen molar-refractivity contribution in [3.63, 3.8) is 0 Å². The fourth-order valence-corrected chi connectivity index (χ4v) is 2.65. The first-order chi connectivity index (χ1) is 12.6. The van der Waals surface area contributed by atoms with Gasteiger partial charge in [0.1, 0.15) is 5.75 Å². The van der Waals surface area contributed by atoms with E-state index in [0.29, 0.717) is 5.75 Å². The lowest BCUT2D eigenvalue weighted by atomic mass is 9.86. The molecule has 0 saturated carbocycles. The summed E-state index contributed by atoms with van der Waals surface area (Å²) in [7, 11) is 0. The van der Waals surface area contributed by atoms with Gasteiger partial charge in [0.25, 0.3) is 5.91 Å². The second-order valence-electron chi connectivity index (χ2n) is 7.67. The van der Waals surface area contributed by atoms with Crippen molar-refractivity contribution >= 4 is 11.9 Å². The number of hydrogen-bond donors (Lipinski definition) is 1. The summed E-state index contributed by atoms with van der Waals surface area (Å²) in [4.78, 5) is 23.3. The molecule has 0 saturated heterocycles. The zero-order valence-electron chi connectivity index (χ0n) is 16.2. The van der Waals surface area contributed by atoms with Gasteiger partial charge in [-0.3, -0.25) is 4.79 Å². The average Bonchev–Trinajstić information content (AvgIpc) is 2.60. The highest BCUT2D eigenvalue weighted by molar-refractivity contribution is 5.79. The second kappa shape index (κ2) is 8.71. The lowest BCUT2D eigenvalue weighted by Gasteiger charge is -2.23. The third-order valence-corrected chi connectivity index (χ3v) is 4.28. The van der Waals surface area contributed by atoms with Crippen LogP contribution in [0.15, 0.2) is 48.5 Å². The number of amides is 1. The molecule has 2 aromatic carbocycles. The number of nitrogens with one attached hydrogen (secondary N) is 1. The van der Waals surface area contributed by atoms with E-state index in [2.05, 4.69) is 26.1 Å². The maximum absolute atomic E-state index is 12.2. The van der Waals surface area contributed by atoms with E-state index in [9.17, 15) is 14.7 Å². The summed E-state index contributed by atoms with van der Waals surface area (Å²) in [6.45, 7) is 8.08. The number of aryl methyl sites for hydroxylation is 1. The molecule has 0 fully saturated rings. The van der Waals surface area contributed by atoms with Crippen LogP contribution in [0.4, 0.5) is 0 Å². The van der Waals surface area contributed by atoms with Crippen molar-refractivity contribution in [2.45, 2.75) is 45.6 Å². The molecule has 144 valence electrons. The maximum Gasteiger partial charge on any atom is 0.258 e. The SMILES string of the molecule is Cc1ccc(OCC(=O)N[C@H](CC(=O)[O-])c2ccc(C(C)(C)C)cc2)cc1. The largest absolute Gasteiger partial charge is 0.550 e. The van der Waals surface area contributed by atoms with Crippen molar-refractivity contribution in [2.75, 3.05) is 6.61 Å².